The number of benzene rings is 1. The lowest BCUT2D eigenvalue weighted by Crippen LogP contribution is -2.00. The van der Waals surface area contributed by atoms with Crippen LogP contribution < -0.4 is 0 Å². The fraction of sp³-hybridized carbons (Fsp3) is 0.111. The van der Waals surface area contributed by atoms with Crippen LogP contribution in [0.1, 0.15) is 17.5 Å². The van der Waals surface area contributed by atoms with Gasteiger partial charge in [0.15, 0.2) is 0 Å². The minimum Gasteiger partial charge on any atom is -0.303 e. The number of hydrogen-bond acceptors (Lipinski definition) is 1. The van der Waals surface area contributed by atoms with Gasteiger partial charge in [-0.1, -0.05) is 42.5 Å². The fourth-order valence-corrected chi connectivity index (χ4v) is 2.37. The van der Waals surface area contributed by atoms with Gasteiger partial charge in [0.05, 0.1) is 0 Å². The second-order valence-corrected chi connectivity index (χ2v) is 4.81. The van der Waals surface area contributed by atoms with Gasteiger partial charge in [-0.25, -0.2) is 0 Å². The monoisotopic (exact) mass is 247 g/mol. The molecule has 0 bridgehead atoms. The highest BCUT2D eigenvalue weighted by Crippen LogP contribution is 2.31. The third-order valence-corrected chi connectivity index (χ3v) is 3.52. The largest absolute Gasteiger partial charge is 0.303 e. The van der Waals surface area contributed by atoms with Crippen LogP contribution in [0.3, 0.4) is 0 Å². The van der Waals surface area contributed by atoms with Crippen LogP contribution in [0.15, 0.2) is 42.5 Å². The maximum Gasteiger partial charge on any atom is 0.127 e. The van der Waals surface area contributed by atoms with E-state index in [0.717, 1.165) is 12.7 Å². The van der Waals surface area contributed by atoms with Crippen LogP contribution in [0.2, 0.25) is 0 Å². The highest BCUT2D eigenvalue weighted by atomic mass is 16.1. The summed E-state index contributed by atoms with van der Waals surface area (Å²) >= 11 is 0. The van der Waals surface area contributed by atoms with E-state index in [1.807, 2.05) is 12.2 Å². The first-order valence-electron chi connectivity index (χ1n) is 6.53. The number of carbonyl (C=O) groups excluding carboxylic acids is 1. The number of rotatable bonds is 3. The minimum atomic E-state index is 0.0485. The summed E-state index contributed by atoms with van der Waals surface area (Å²) in [5.41, 5.74) is 3.64. The van der Waals surface area contributed by atoms with Gasteiger partial charge in [-0.2, -0.15) is 0 Å². The second kappa shape index (κ2) is 5.56. The molecule has 0 aromatic heterocycles. The average molecular weight is 247 g/mol. The quantitative estimate of drug-likeness (QED) is 0.746. The van der Waals surface area contributed by atoms with Crippen molar-refractivity contribution in [2.24, 2.45) is 5.92 Å². The number of allylic oxidation sites excluding steroid dienone is 4. The topological polar surface area (TPSA) is 17.1 Å². The molecule has 2 aliphatic carbocycles. The van der Waals surface area contributed by atoms with E-state index in [0.29, 0.717) is 0 Å². The van der Waals surface area contributed by atoms with Gasteiger partial charge in [0.2, 0.25) is 0 Å². The van der Waals surface area contributed by atoms with Gasteiger partial charge in [0.1, 0.15) is 6.29 Å². The van der Waals surface area contributed by atoms with Crippen molar-refractivity contribution in [2.45, 2.75) is 6.42 Å². The normalized spacial score (nSPS) is 23.4. The fourth-order valence-electron chi connectivity index (χ4n) is 2.37. The van der Waals surface area contributed by atoms with E-state index in [1.165, 1.54) is 22.6 Å². The summed E-state index contributed by atoms with van der Waals surface area (Å²) < 4.78 is 0. The van der Waals surface area contributed by atoms with Crippen molar-refractivity contribution >= 4 is 11.9 Å². The molecule has 0 aliphatic heterocycles. The zero-order valence-corrected chi connectivity index (χ0v) is 10.6. The van der Waals surface area contributed by atoms with Crippen LogP contribution in [0.25, 0.3) is 5.57 Å². The van der Waals surface area contributed by atoms with Gasteiger partial charge in [-0.15, -0.1) is 0 Å². The van der Waals surface area contributed by atoms with Crippen molar-refractivity contribution in [3.05, 3.63) is 85.2 Å². The van der Waals surface area contributed by atoms with E-state index >= 15 is 0 Å². The van der Waals surface area contributed by atoms with Crippen LogP contribution in [0.5, 0.6) is 0 Å². The molecule has 1 nitrogen and oxygen atoms in total. The Balaban J connectivity index is 1.74. The lowest BCUT2D eigenvalue weighted by Gasteiger charge is -2.13. The van der Waals surface area contributed by atoms with E-state index < -0.39 is 0 Å². The molecule has 1 aromatic carbocycles. The van der Waals surface area contributed by atoms with Gasteiger partial charge in [-0.05, 0) is 48.8 Å². The Morgan fingerprint density at radius 1 is 1.00 bits per heavy atom. The Bertz CT molecular complexity index is 501. The zero-order chi connectivity index (χ0) is 13.1. The molecule has 5 radical (unpaired) electrons. The predicted octanol–water partition coefficient (Wildman–Crippen LogP) is 3.60. The van der Waals surface area contributed by atoms with E-state index in [4.69, 9.17) is 0 Å². The molecule has 1 fully saturated rings. The average Bonchev–Trinajstić information content (AvgIpc) is 3.02. The maximum atomic E-state index is 10.7. The summed E-state index contributed by atoms with van der Waals surface area (Å²) in [5.74, 6) is 1.30. The van der Waals surface area contributed by atoms with Gasteiger partial charge < -0.3 is 4.79 Å². The van der Waals surface area contributed by atoms with E-state index in [1.54, 1.807) is 0 Å². The number of hydrogen-bond donors (Lipinski definition) is 0. The van der Waals surface area contributed by atoms with Crippen LogP contribution in [-0.2, 0) is 4.79 Å². The molecule has 1 heteroatoms. The first-order chi connectivity index (χ1) is 9.36. The molecule has 1 saturated carbocycles. The first kappa shape index (κ1) is 12.4. The summed E-state index contributed by atoms with van der Waals surface area (Å²) in [5, 5.41) is 0. The van der Waals surface area contributed by atoms with Gasteiger partial charge in [0, 0.05) is 11.8 Å². The Labute approximate surface area is 115 Å². The van der Waals surface area contributed by atoms with Crippen LogP contribution in [0, 0.1) is 37.5 Å². The molecule has 0 saturated heterocycles. The Morgan fingerprint density at radius 2 is 1.68 bits per heavy atom. The third kappa shape index (κ3) is 2.70. The van der Waals surface area contributed by atoms with Gasteiger partial charge >= 0.3 is 0 Å². The Hall–Kier alpha value is -1.63. The van der Waals surface area contributed by atoms with Crippen molar-refractivity contribution < 1.29 is 4.79 Å². The molecule has 19 heavy (non-hydrogen) atoms. The van der Waals surface area contributed by atoms with Crippen molar-refractivity contribution in [1.29, 1.82) is 0 Å². The van der Waals surface area contributed by atoms with Crippen LogP contribution >= 0.6 is 0 Å². The van der Waals surface area contributed by atoms with Crippen molar-refractivity contribution in [2.75, 3.05) is 0 Å². The highest BCUT2D eigenvalue weighted by Gasteiger charge is 2.18. The highest BCUT2D eigenvalue weighted by molar-refractivity contribution is 5.77. The Morgan fingerprint density at radius 3 is 2.26 bits per heavy atom. The predicted molar refractivity (Wildman–Crippen MR) is 77.3 cm³/mol. The summed E-state index contributed by atoms with van der Waals surface area (Å²) in [4.78, 5) is 10.7. The number of carbonyl (C=O) groups is 1. The van der Waals surface area contributed by atoms with E-state index in [2.05, 4.69) is 56.0 Å². The van der Waals surface area contributed by atoms with Crippen LogP contribution in [0.4, 0.5) is 0 Å². The molecule has 2 aliphatic rings. The molecule has 0 N–H and O–H groups in total. The van der Waals surface area contributed by atoms with Crippen molar-refractivity contribution in [3.8, 4) is 0 Å². The summed E-state index contributed by atoms with van der Waals surface area (Å²) in [7, 11) is 0. The molecule has 3 rings (SSSR count). The maximum absolute atomic E-state index is 10.7. The standard InChI is InChI=1S/C18H15O/c19-13-14-5-7-16(8-6-14)18-11-9-17(10-12-18)15-3-1-2-4-15/h1-5,7-14H,6H2. The molecule has 0 heterocycles. The van der Waals surface area contributed by atoms with Crippen LogP contribution in [-0.4, -0.2) is 6.29 Å². The van der Waals surface area contributed by atoms with Crippen molar-refractivity contribution in [3.63, 3.8) is 0 Å². The number of aldehydes is 1. The summed E-state index contributed by atoms with van der Waals surface area (Å²) in [6, 6.07) is 8.57. The second-order valence-electron chi connectivity index (χ2n) is 4.81. The molecule has 93 valence electrons. The van der Waals surface area contributed by atoms with Gasteiger partial charge in [-0.3, -0.25) is 0 Å². The lowest BCUT2D eigenvalue weighted by molar-refractivity contribution is -0.109. The lowest BCUT2D eigenvalue weighted by atomic mass is 9.91. The zero-order valence-electron chi connectivity index (χ0n) is 10.6. The van der Waals surface area contributed by atoms with E-state index in [9.17, 15) is 4.79 Å². The molecular weight excluding hydrogens is 232 g/mol. The van der Waals surface area contributed by atoms with Gasteiger partial charge in [0.25, 0.3) is 0 Å². The molecule has 0 amide bonds. The van der Waals surface area contributed by atoms with Crippen molar-refractivity contribution in [1.82, 2.24) is 0 Å². The molecular formula is C18H15O. The summed E-state index contributed by atoms with van der Waals surface area (Å²) in [6.07, 6.45) is 16.3. The SMILES string of the molecule is O=CC1C=CC(c2ccc([C]3[CH][CH][CH][CH]3)cc2)=CC1. The van der Waals surface area contributed by atoms with E-state index in [-0.39, 0.29) is 5.92 Å². The third-order valence-electron chi connectivity index (χ3n) is 3.52. The minimum absolute atomic E-state index is 0.0485. The molecule has 1 unspecified atom stereocenters. The first-order valence-corrected chi connectivity index (χ1v) is 6.53. The summed E-state index contributed by atoms with van der Waals surface area (Å²) in [6.45, 7) is 0. The molecule has 0 spiro atoms. The molecule has 1 aromatic rings. The smallest absolute Gasteiger partial charge is 0.127 e. The molecule has 1 atom stereocenters. The Kier molecular flexibility index (Phi) is 3.63.